The second-order valence-corrected chi connectivity index (χ2v) is 5.46. The monoisotopic (exact) mass is 298 g/mol. The van der Waals surface area contributed by atoms with E-state index in [0.29, 0.717) is 6.54 Å². The number of amides is 2. The number of carbonyl (C=O) groups is 1. The van der Waals surface area contributed by atoms with Gasteiger partial charge in [0.1, 0.15) is 0 Å². The molecule has 2 aromatic heterocycles. The zero-order chi connectivity index (χ0) is 16.1. The molecule has 0 aliphatic carbocycles. The number of nitrogens with zero attached hydrogens (tertiary/aromatic N) is 3. The first-order valence-corrected chi connectivity index (χ1v) is 7.34. The summed E-state index contributed by atoms with van der Waals surface area (Å²) in [6.07, 6.45) is 2.50. The number of pyridine rings is 2. The van der Waals surface area contributed by atoms with Gasteiger partial charge in [-0.3, -0.25) is 9.97 Å². The van der Waals surface area contributed by atoms with Crippen LogP contribution in [0, 0.1) is 20.8 Å². The Bertz CT molecular complexity index is 632. The van der Waals surface area contributed by atoms with Crippen molar-refractivity contribution in [1.82, 2.24) is 14.9 Å². The summed E-state index contributed by atoms with van der Waals surface area (Å²) in [7, 11) is 1.78. The minimum atomic E-state index is -0.132. The highest BCUT2D eigenvalue weighted by Gasteiger charge is 2.13. The highest BCUT2D eigenvalue weighted by molar-refractivity contribution is 5.90. The third kappa shape index (κ3) is 4.04. The maximum absolute atomic E-state index is 12.3. The van der Waals surface area contributed by atoms with E-state index in [1.54, 1.807) is 18.1 Å². The third-order valence-corrected chi connectivity index (χ3v) is 3.53. The lowest BCUT2D eigenvalue weighted by atomic mass is 10.1. The molecular formula is C17H22N4O. The zero-order valence-corrected chi connectivity index (χ0v) is 13.6. The van der Waals surface area contributed by atoms with Crippen molar-refractivity contribution in [2.45, 2.75) is 27.2 Å². The van der Waals surface area contributed by atoms with Gasteiger partial charge in [0.25, 0.3) is 0 Å². The maximum Gasteiger partial charge on any atom is 0.321 e. The fraction of sp³-hybridized carbons (Fsp3) is 0.353. The lowest BCUT2D eigenvalue weighted by Gasteiger charge is -2.19. The number of hydrogen-bond donors (Lipinski definition) is 1. The van der Waals surface area contributed by atoms with Crippen molar-refractivity contribution in [2.75, 3.05) is 18.9 Å². The molecule has 2 heterocycles. The molecule has 0 aliphatic heterocycles. The first-order valence-electron chi connectivity index (χ1n) is 7.34. The topological polar surface area (TPSA) is 58.1 Å². The molecule has 0 aliphatic rings. The summed E-state index contributed by atoms with van der Waals surface area (Å²) >= 11 is 0. The molecule has 0 radical (unpaired) electrons. The van der Waals surface area contributed by atoms with Crippen molar-refractivity contribution < 1.29 is 4.79 Å². The minimum Gasteiger partial charge on any atom is -0.327 e. The van der Waals surface area contributed by atoms with E-state index in [2.05, 4.69) is 15.3 Å². The minimum absolute atomic E-state index is 0.132. The van der Waals surface area contributed by atoms with Crippen LogP contribution >= 0.6 is 0 Å². The smallest absolute Gasteiger partial charge is 0.321 e. The number of carbonyl (C=O) groups excluding carboxylic acids is 1. The number of anilines is 1. The zero-order valence-electron chi connectivity index (χ0n) is 13.6. The fourth-order valence-electron chi connectivity index (χ4n) is 2.34. The number of aromatic nitrogens is 2. The van der Waals surface area contributed by atoms with Gasteiger partial charge in [-0.05, 0) is 44.5 Å². The standard InChI is InChI=1S/C17H22N4O/c1-12-11-13(2)19-14(3)16(12)20-17(22)21(4)10-8-15-7-5-6-9-18-15/h5-7,9,11H,8,10H2,1-4H3,(H,20,22). The number of hydrogen-bond acceptors (Lipinski definition) is 3. The third-order valence-electron chi connectivity index (χ3n) is 3.53. The molecule has 0 fully saturated rings. The predicted molar refractivity (Wildman–Crippen MR) is 88.0 cm³/mol. The maximum atomic E-state index is 12.3. The Morgan fingerprint density at radius 3 is 2.68 bits per heavy atom. The van der Waals surface area contributed by atoms with Gasteiger partial charge in [-0.25, -0.2) is 4.79 Å². The van der Waals surface area contributed by atoms with Gasteiger partial charge in [-0.1, -0.05) is 6.07 Å². The van der Waals surface area contributed by atoms with Crippen LogP contribution in [0.5, 0.6) is 0 Å². The largest absolute Gasteiger partial charge is 0.327 e. The second-order valence-electron chi connectivity index (χ2n) is 5.46. The average molecular weight is 298 g/mol. The number of urea groups is 1. The van der Waals surface area contributed by atoms with Gasteiger partial charge >= 0.3 is 6.03 Å². The van der Waals surface area contributed by atoms with Crippen LogP contribution in [0.25, 0.3) is 0 Å². The van der Waals surface area contributed by atoms with Crippen LogP contribution < -0.4 is 5.32 Å². The first-order chi connectivity index (χ1) is 10.5. The summed E-state index contributed by atoms with van der Waals surface area (Å²) in [5.74, 6) is 0. The molecule has 5 heteroatoms. The summed E-state index contributed by atoms with van der Waals surface area (Å²) in [5.41, 5.74) is 4.59. The first kappa shape index (κ1) is 15.9. The molecule has 0 atom stereocenters. The lowest BCUT2D eigenvalue weighted by molar-refractivity contribution is 0.223. The van der Waals surface area contributed by atoms with E-state index in [4.69, 9.17) is 0 Å². The molecule has 0 saturated heterocycles. The van der Waals surface area contributed by atoms with Crippen LogP contribution in [-0.4, -0.2) is 34.5 Å². The molecule has 22 heavy (non-hydrogen) atoms. The highest BCUT2D eigenvalue weighted by atomic mass is 16.2. The van der Waals surface area contributed by atoms with E-state index in [0.717, 1.165) is 34.8 Å². The Labute approximate surface area is 131 Å². The molecule has 2 amide bonds. The molecular weight excluding hydrogens is 276 g/mol. The highest BCUT2D eigenvalue weighted by Crippen LogP contribution is 2.19. The van der Waals surface area contributed by atoms with Gasteiger partial charge in [0, 0.05) is 37.6 Å². The summed E-state index contributed by atoms with van der Waals surface area (Å²) in [4.78, 5) is 22.6. The summed E-state index contributed by atoms with van der Waals surface area (Å²) in [6, 6.07) is 7.64. The molecule has 116 valence electrons. The summed E-state index contributed by atoms with van der Waals surface area (Å²) in [6.45, 7) is 6.44. The fourth-order valence-corrected chi connectivity index (χ4v) is 2.34. The van der Waals surface area contributed by atoms with Crippen molar-refractivity contribution in [3.63, 3.8) is 0 Å². The Hall–Kier alpha value is -2.43. The van der Waals surface area contributed by atoms with Crippen molar-refractivity contribution in [1.29, 1.82) is 0 Å². The Morgan fingerprint density at radius 2 is 2.05 bits per heavy atom. The number of nitrogens with one attached hydrogen (secondary N) is 1. The molecule has 0 aromatic carbocycles. The predicted octanol–water partition coefficient (Wildman–Crippen LogP) is 3.11. The van der Waals surface area contributed by atoms with Gasteiger partial charge < -0.3 is 10.2 Å². The van der Waals surface area contributed by atoms with Crippen LogP contribution in [0.2, 0.25) is 0 Å². The van der Waals surface area contributed by atoms with Crippen LogP contribution in [0.15, 0.2) is 30.5 Å². The van der Waals surface area contributed by atoms with Gasteiger partial charge in [-0.15, -0.1) is 0 Å². The van der Waals surface area contributed by atoms with E-state index in [-0.39, 0.29) is 6.03 Å². The average Bonchev–Trinajstić information content (AvgIpc) is 2.49. The molecule has 2 aromatic rings. The van der Waals surface area contributed by atoms with Gasteiger partial charge in [0.15, 0.2) is 0 Å². The van der Waals surface area contributed by atoms with Crippen LogP contribution in [0.3, 0.4) is 0 Å². The van der Waals surface area contributed by atoms with Gasteiger partial charge in [-0.2, -0.15) is 0 Å². The lowest BCUT2D eigenvalue weighted by Crippen LogP contribution is -2.33. The molecule has 0 unspecified atom stereocenters. The number of likely N-dealkylation sites (N-methyl/N-ethyl adjacent to an activating group) is 1. The Balaban J connectivity index is 1.97. The Morgan fingerprint density at radius 1 is 1.27 bits per heavy atom. The number of aryl methyl sites for hydroxylation is 3. The molecule has 0 bridgehead atoms. The quantitative estimate of drug-likeness (QED) is 0.943. The van der Waals surface area contributed by atoms with Crippen molar-refractivity contribution in [2.24, 2.45) is 0 Å². The van der Waals surface area contributed by atoms with Gasteiger partial charge in [0.05, 0.1) is 11.4 Å². The van der Waals surface area contributed by atoms with Crippen LogP contribution in [-0.2, 0) is 6.42 Å². The number of rotatable bonds is 4. The van der Waals surface area contributed by atoms with E-state index in [1.807, 2.05) is 45.0 Å². The molecule has 5 nitrogen and oxygen atoms in total. The van der Waals surface area contributed by atoms with Gasteiger partial charge in [0.2, 0.25) is 0 Å². The summed E-state index contributed by atoms with van der Waals surface area (Å²) in [5, 5.41) is 2.95. The van der Waals surface area contributed by atoms with E-state index in [9.17, 15) is 4.79 Å². The van der Waals surface area contributed by atoms with E-state index in [1.165, 1.54) is 0 Å². The molecule has 2 rings (SSSR count). The molecule has 1 N–H and O–H groups in total. The SMILES string of the molecule is Cc1cc(C)c(NC(=O)N(C)CCc2ccccn2)c(C)n1. The van der Waals surface area contributed by atoms with Crippen molar-refractivity contribution in [3.05, 3.63) is 53.1 Å². The van der Waals surface area contributed by atoms with Crippen LogP contribution in [0.1, 0.15) is 22.6 Å². The molecule has 0 saturated carbocycles. The second kappa shape index (κ2) is 7.02. The van der Waals surface area contributed by atoms with E-state index < -0.39 is 0 Å². The van der Waals surface area contributed by atoms with E-state index >= 15 is 0 Å². The Kier molecular flexibility index (Phi) is 5.09. The summed E-state index contributed by atoms with van der Waals surface area (Å²) < 4.78 is 0. The van der Waals surface area contributed by atoms with Crippen molar-refractivity contribution >= 4 is 11.7 Å². The van der Waals surface area contributed by atoms with Crippen LogP contribution in [0.4, 0.5) is 10.5 Å². The molecule has 0 spiro atoms. The van der Waals surface area contributed by atoms with Crippen molar-refractivity contribution in [3.8, 4) is 0 Å². The normalized spacial score (nSPS) is 10.4.